The second-order valence-electron chi connectivity index (χ2n) is 7.43. The number of carbonyl (C=O) groups is 1. The van der Waals surface area contributed by atoms with E-state index in [9.17, 15) is 4.79 Å². The van der Waals surface area contributed by atoms with Gasteiger partial charge in [0.2, 0.25) is 0 Å². The first kappa shape index (κ1) is 20.8. The van der Waals surface area contributed by atoms with Gasteiger partial charge in [-0.15, -0.1) is 10.2 Å². The third-order valence-electron chi connectivity index (χ3n) is 5.23. The maximum Gasteiger partial charge on any atom is 0.258 e. The van der Waals surface area contributed by atoms with Crippen LogP contribution in [0, 0.1) is 0 Å². The van der Waals surface area contributed by atoms with Gasteiger partial charge in [0, 0.05) is 32.6 Å². The number of aromatic nitrogens is 3. The van der Waals surface area contributed by atoms with Gasteiger partial charge in [0.25, 0.3) is 5.91 Å². The summed E-state index contributed by atoms with van der Waals surface area (Å²) in [4.78, 5) is 14.5. The molecule has 0 radical (unpaired) electrons. The second-order valence-corrected chi connectivity index (χ2v) is 7.43. The highest BCUT2D eigenvalue weighted by Crippen LogP contribution is 2.11. The Morgan fingerprint density at radius 3 is 2.58 bits per heavy atom. The minimum Gasteiger partial charge on any atom is -0.484 e. The summed E-state index contributed by atoms with van der Waals surface area (Å²) in [6.45, 7) is 3.89. The molecule has 0 saturated carbocycles. The molecule has 0 atom stereocenters. The molecule has 2 heterocycles. The smallest absolute Gasteiger partial charge is 0.258 e. The SMILES string of the molecule is O=C(COc1ccccc1)NCc1nnc2n1CCN(C/C=C/c1ccccc1)CC2. The Morgan fingerprint density at radius 1 is 1.00 bits per heavy atom. The largest absolute Gasteiger partial charge is 0.484 e. The predicted molar refractivity (Wildman–Crippen MR) is 119 cm³/mol. The lowest BCUT2D eigenvalue weighted by atomic mass is 10.2. The average molecular weight is 418 g/mol. The Labute approximate surface area is 182 Å². The highest BCUT2D eigenvalue weighted by Gasteiger charge is 2.18. The zero-order valence-corrected chi connectivity index (χ0v) is 17.5. The van der Waals surface area contributed by atoms with E-state index >= 15 is 0 Å². The topological polar surface area (TPSA) is 72.3 Å². The van der Waals surface area contributed by atoms with Crippen LogP contribution in [0.3, 0.4) is 0 Å². The van der Waals surface area contributed by atoms with Crippen LogP contribution in [-0.4, -0.2) is 51.8 Å². The number of rotatable bonds is 8. The molecule has 1 aliphatic rings. The molecular weight excluding hydrogens is 390 g/mol. The number of amides is 1. The first-order chi connectivity index (χ1) is 15.3. The number of carbonyl (C=O) groups excluding carboxylic acids is 1. The van der Waals surface area contributed by atoms with Gasteiger partial charge in [-0.25, -0.2) is 0 Å². The summed E-state index contributed by atoms with van der Waals surface area (Å²) in [6, 6.07) is 19.6. The van der Waals surface area contributed by atoms with E-state index in [0.717, 1.165) is 44.2 Å². The van der Waals surface area contributed by atoms with Gasteiger partial charge in [0.15, 0.2) is 12.4 Å². The zero-order chi connectivity index (χ0) is 21.3. The van der Waals surface area contributed by atoms with Gasteiger partial charge in [-0.05, 0) is 17.7 Å². The predicted octanol–water partition coefficient (Wildman–Crippen LogP) is 2.54. The van der Waals surface area contributed by atoms with Crippen molar-refractivity contribution in [3.8, 4) is 5.75 Å². The molecular formula is C24H27N5O2. The molecule has 2 aromatic carbocycles. The average Bonchev–Trinajstić information content (AvgIpc) is 3.09. The summed E-state index contributed by atoms with van der Waals surface area (Å²) < 4.78 is 7.61. The number of ether oxygens (including phenoxy) is 1. The molecule has 0 fully saturated rings. The Kier molecular flexibility index (Phi) is 7.08. The zero-order valence-electron chi connectivity index (χ0n) is 17.5. The Balaban J connectivity index is 1.25. The summed E-state index contributed by atoms with van der Waals surface area (Å²) in [7, 11) is 0. The summed E-state index contributed by atoms with van der Waals surface area (Å²) in [6.07, 6.45) is 5.20. The van der Waals surface area contributed by atoms with Gasteiger partial charge in [0.05, 0.1) is 6.54 Å². The van der Waals surface area contributed by atoms with Gasteiger partial charge < -0.3 is 14.6 Å². The van der Waals surface area contributed by atoms with Gasteiger partial charge >= 0.3 is 0 Å². The molecule has 3 aromatic rings. The summed E-state index contributed by atoms with van der Waals surface area (Å²) >= 11 is 0. The quantitative estimate of drug-likeness (QED) is 0.610. The lowest BCUT2D eigenvalue weighted by Gasteiger charge is -2.17. The Morgan fingerprint density at radius 2 is 1.77 bits per heavy atom. The molecule has 0 bridgehead atoms. The molecule has 0 spiro atoms. The molecule has 0 saturated heterocycles. The first-order valence-corrected chi connectivity index (χ1v) is 10.6. The van der Waals surface area contributed by atoms with Gasteiger partial charge in [-0.2, -0.15) is 0 Å². The third-order valence-corrected chi connectivity index (χ3v) is 5.23. The fraction of sp³-hybridized carbons (Fsp3) is 0.292. The van der Waals surface area contributed by atoms with Gasteiger partial charge in [-0.1, -0.05) is 60.7 Å². The lowest BCUT2D eigenvalue weighted by molar-refractivity contribution is -0.123. The molecule has 0 unspecified atom stereocenters. The molecule has 0 aliphatic carbocycles. The monoisotopic (exact) mass is 417 g/mol. The van der Waals surface area contributed by atoms with Crippen molar-refractivity contribution in [1.29, 1.82) is 0 Å². The van der Waals surface area contributed by atoms with Gasteiger partial charge in [-0.3, -0.25) is 9.69 Å². The molecule has 1 amide bonds. The lowest BCUT2D eigenvalue weighted by Crippen LogP contribution is -2.30. The maximum absolute atomic E-state index is 12.1. The third kappa shape index (κ3) is 6.02. The second kappa shape index (κ2) is 10.5. The maximum atomic E-state index is 12.1. The van der Waals surface area contributed by atoms with Crippen molar-refractivity contribution >= 4 is 12.0 Å². The van der Waals surface area contributed by atoms with Crippen molar-refractivity contribution in [2.24, 2.45) is 0 Å². The van der Waals surface area contributed by atoms with E-state index in [-0.39, 0.29) is 12.5 Å². The van der Waals surface area contributed by atoms with Crippen molar-refractivity contribution in [2.45, 2.75) is 19.5 Å². The number of benzene rings is 2. The van der Waals surface area contributed by atoms with Crippen LogP contribution in [0.2, 0.25) is 0 Å². The van der Waals surface area contributed by atoms with E-state index in [4.69, 9.17) is 4.74 Å². The minimum atomic E-state index is -0.178. The van der Waals surface area contributed by atoms with Crippen molar-refractivity contribution in [3.05, 3.63) is 84.0 Å². The van der Waals surface area contributed by atoms with Crippen LogP contribution >= 0.6 is 0 Å². The summed E-state index contributed by atoms with van der Waals surface area (Å²) in [5.74, 6) is 2.25. The van der Waals surface area contributed by atoms with E-state index in [1.807, 2.05) is 48.5 Å². The van der Waals surface area contributed by atoms with Crippen molar-refractivity contribution in [2.75, 3.05) is 26.2 Å². The van der Waals surface area contributed by atoms with Gasteiger partial charge in [0.1, 0.15) is 11.6 Å². The first-order valence-electron chi connectivity index (χ1n) is 10.6. The van der Waals surface area contributed by atoms with Crippen molar-refractivity contribution in [3.63, 3.8) is 0 Å². The van der Waals surface area contributed by atoms with Crippen molar-refractivity contribution in [1.82, 2.24) is 25.0 Å². The van der Waals surface area contributed by atoms with Crippen LogP contribution in [0.15, 0.2) is 66.7 Å². The summed E-state index contributed by atoms with van der Waals surface area (Å²) in [5, 5.41) is 11.5. The number of hydrogen-bond donors (Lipinski definition) is 1. The molecule has 31 heavy (non-hydrogen) atoms. The highest BCUT2D eigenvalue weighted by molar-refractivity contribution is 5.77. The van der Waals surface area contributed by atoms with Crippen LogP contribution < -0.4 is 10.1 Å². The molecule has 1 aromatic heterocycles. The Bertz CT molecular complexity index is 1000. The van der Waals surface area contributed by atoms with Crippen LogP contribution in [0.5, 0.6) is 5.75 Å². The number of hydrogen-bond acceptors (Lipinski definition) is 5. The van der Waals surface area contributed by atoms with E-state index in [1.165, 1.54) is 5.56 Å². The minimum absolute atomic E-state index is 0.0213. The van der Waals surface area contributed by atoms with E-state index < -0.39 is 0 Å². The number of para-hydroxylation sites is 1. The molecule has 1 aliphatic heterocycles. The van der Waals surface area contributed by atoms with Crippen molar-refractivity contribution < 1.29 is 9.53 Å². The number of nitrogens with zero attached hydrogens (tertiary/aromatic N) is 4. The van der Waals surface area contributed by atoms with Crippen LogP contribution in [0.1, 0.15) is 17.2 Å². The Hall–Kier alpha value is -3.45. The highest BCUT2D eigenvalue weighted by atomic mass is 16.5. The van der Waals surface area contributed by atoms with E-state index in [1.54, 1.807) is 0 Å². The molecule has 160 valence electrons. The van der Waals surface area contributed by atoms with Crippen LogP contribution in [-0.2, 0) is 24.3 Å². The fourth-order valence-electron chi connectivity index (χ4n) is 3.54. The summed E-state index contributed by atoms with van der Waals surface area (Å²) in [5.41, 5.74) is 1.21. The van der Waals surface area contributed by atoms with Crippen LogP contribution in [0.25, 0.3) is 6.08 Å². The fourth-order valence-corrected chi connectivity index (χ4v) is 3.54. The van der Waals surface area contributed by atoms with E-state index in [0.29, 0.717) is 12.3 Å². The van der Waals surface area contributed by atoms with Crippen LogP contribution in [0.4, 0.5) is 0 Å². The number of fused-ring (bicyclic) bond motifs is 1. The normalized spacial score (nSPS) is 14.2. The molecule has 7 heteroatoms. The standard InChI is InChI=1S/C24H27N5O2/c30-24(19-31-21-11-5-2-6-12-21)25-18-23-27-26-22-13-15-28(16-17-29(22)23)14-7-10-20-8-3-1-4-9-20/h1-12H,13-19H2,(H,25,30)/b10-7+. The molecule has 4 rings (SSSR count). The number of nitrogens with one attached hydrogen (secondary N) is 1. The molecule has 7 nitrogen and oxygen atoms in total. The molecule has 1 N–H and O–H groups in total. The van der Waals surface area contributed by atoms with E-state index in [2.05, 4.69) is 49.3 Å².